The average Bonchev–Trinajstić information content (AvgIpc) is 2.45. The largest absolute Gasteiger partial charge is 0.355 e. The number of rotatable bonds is 2. The molecule has 3 heteroatoms. The number of hydrogen-bond acceptors (Lipinski definition) is 2. The topological polar surface area (TPSA) is 41.1 Å². The van der Waals surface area contributed by atoms with Crippen molar-refractivity contribution in [2.75, 3.05) is 6.54 Å². The summed E-state index contributed by atoms with van der Waals surface area (Å²) in [7, 11) is 0. The number of hydrogen-bond donors (Lipinski definition) is 2. The minimum absolute atomic E-state index is 0.0674. The van der Waals surface area contributed by atoms with Gasteiger partial charge >= 0.3 is 0 Å². The van der Waals surface area contributed by atoms with Crippen molar-refractivity contribution < 1.29 is 4.79 Å². The van der Waals surface area contributed by atoms with Crippen LogP contribution in [0.15, 0.2) is 0 Å². The fourth-order valence-corrected chi connectivity index (χ4v) is 2.97. The molecule has 92 valence electrons. The van der Waals surface area contributed by atoms with Crippen LogP contribution in [-0.4, -0.2) is 24.5 Å². The quantitative estimate of drug-likeness (QED) is 0.751. The molecule has 0 aromatic rings. The Morgan fingerprint density at radius 2 is 2.06 bits per heavy atom. The molecule has 1 heterocycles. The molecular formula is C13H24N2O. The van der Waals surface area contributed by atoms with Crippen molar-refractivity contribution >= 4 is 5.91 Å². The van der Waals surface area contributed by atoms with Crippen LogP contribution >= 0.6 is 0 Å². The summed E-state index contributed by atoms with van der Waals surface area (Å²) in [5, 5.41) is 6.56. The number of nitrogens with one attached hydrogen (secondary N) is 2. The summed E-state index contributed by atoms with van der Waals surface area (Å²) in [5.41, 5.74) is 0. The Kier molecular flexibility index (Phi) is 4.22. The second-order valence-corrected chi connectivity index (χ2v) is 5.47. The first-order valence-corrected chi connectivity index (χ1v) is 6.79. The molecule has 1 aliphatic carbocycles. The number of carbonyl (C=O) groups is 1. The highest BCUT2D eigenvalue weighted by Gasteiger charge is 2.26. The lowest BCUT2D eigenvalue weighted by Gasteiger charge is -2.30. The van der Waals surface area contributed by atoms with Gasteiger partial charge in [0.05, 0.1) is 6.04 Å². The first-order chi connectivity index (χ1) is 7.75. The Morgan fingerprint density at radius 1 is 1.19 bits per heavy atom. The lowest BCUT2D eigenvalue weighted by Crippen LogP contribution is -2.48. The summed E-state index contributed by atoms with van der Waals surface area (Å²) < 4.78 is 0. The lowest BCUT2D eigenvalue weighted by atomic mass is 9.86. The van der Waals surface area contributed by atoms with Gasteiger partial charge in [0, 0.05) is 12.6 Å². The van der Waals surface area contributed by atoms with Crippen molar-refractivity contribution in [1.82, 2.24) is 10.6 Å². The average molecular weight is 224 g/mol. The van der Waals surface area contributed by atoms with Crippen LogP contribution in [0.25, 0.3) is 0 Å². The van der Waals surface area contributed by atoms with Gasteiger partial charge in [-0.25, -0.2) is 0 Å². The summed E-state index contributed by atoms with van der Waals surface area (Å²) >= 11 is 0. The summed E-state index contributed by atoms with van der Waals surface area (Å²) in [6.45, 7) is 3.18. The number of amides is 1. The maximum absolute atomic E-state index is 11.8. The first kappa shape index (κ1) is 11.9. The highest BCUT2D eigenvalue weighted by atomic mass is 16.2. The molecule has 0 radical (unpaired) electrons. The maximum Gasteiger partial charge on any atom is 0.237 e. The predicted octanol–water partition coefficient (Wildman–Crippen LogP) is 1.82. The zero-order valence-electron chi connectivity index (χ0n) is 10.3. The SMILES string of the molecule is C[C@@H]1CCC[C@@H](N[C@@H]2CCCCNC2=O)C1. The Morgan fingerprint density at radius 3 is 2.88 bits per heavy atom. The Bertz CT molecular complexity index is 242. The fraction of sp³-hybridized carbons (Fsp3) is 0.923. The summed E-state index contributed by atoms with van der Waals surface area (Å²) in [4.78, 5) is 11.8. The van der Waals surface area contributed by atoms with Gasteiger partial charge in [0.15, 0.2) is 0 Å². The zero-order chi connectivity index (χ0) is 11.4. The molecule has 16 heavy (non-hydrogen) atoms. The Balaban J connectivity index is 1.84. The van der Waals surface area contributed by atoms with E-state index in [1.165, 1.54) is 32.1 Å². The van der Waals surface area contributed by atoms with Crippen LogP contribution in [-0.2, 0) is 4.79 Å². The molecule has 1 saturated heterocycles. The molecule has 0 unspecified atom stereocenters. The molecule has 0 spiro atoms. The van der Waals surface area contributed by atoms with E-state index >= 15 is 0 Å². The number of carbonyl (C=O) groups excluding carboxylic acids is 1. The van der Waals surface area contributed by atoms with Gasteiger partial charge in [-0.05, 0) is 38.0 Å². The van der Waals surface area contributed by atoms with Crippen molar-refractivity contribution in [3.8, 4) is 0 Å². The van der Waals surface area contributed by atoms with Gasteiger partial charge in [0.1, 0.15) is 0 Å². The van der Waals surface area contributed by atoms with Crippen molar-refractivity contribution in [2.45, 2.75) is 64.0 Å². The van der Waals surface area contributed by atoms with Crippen LogP contribution < -0.4 is 10.6 Å². The van der Waals surface area contributed by atoms with Crippen LogP contribution in [0.5, 0.6) is 0 Å². The van der Waals surface area contributed by atoms with Crippen LogP contribution in [0.3, 0.4) is 0 Å². The molecule has 2 fully saturated rings. The molecular weight excluding hydrogens is 200 g/mol. The van der Waals surface area contributed by atoms with Gasteiger partial charge in [-0.15, -0.1) is 0 Å². The third kappa shape index (κ3) is 3.21. The van der Waals surface area contributed by atoms with E-state index in [1.54, 1.807) is 0 Å². The lowest BCUT2D eigenvalue weighted by molar-refractivity contribution is -0.123. The second-order valence-electron chi connectivity index (χ2n) is 5.47. The molecule has 1 aliphatic heterocycles. The second kappa shape index (κ2) is 5.67. The van der Waals surface area contributed by atoms with Gasteiger partial charge in [0.25, 0.3) is 0 Å². The predicted molar refractivity (Wildman–Crippen MR) is 65.2 cm³/mol. The molecule has 0 aromatic carbocycles. The highest BCUT2D eigenvalue weighted by Crippen LogP contribution is 2.24. The first-order valence-electron chi connectivity index (χ1n) is 6.79. The van der Waals surface area contributed by atoms with Crippen molar-refractivity contribution in [3.63, 3.8) is 0 Å². The van der Waals surface area contributed by atoms with Crippen LogP contribution in [0, 0.1) is 5.92 Å². The molecule has 2 N–H and O–H groups in total. The minimum atomic E-state index is 0.0674. The van der Waals surface area contributed by atoms with Crippen LogP contribution in [0.4, 0.5) is 0 Å². The fourth-order valence-electron chi connectivity index (χ4n) is 2.97. The smallest absolute Gasteiger partial charge is 0.237 e. The molecule has 1 amide bonds. The molecule has 3 atom stereocenters. The monoisotopic (exact) mass is 224 g/mol. The third-order valence-corrected chi connectivity index (χ3v) is 3.91. The minimum Gasteiger partial charge on any atom is -0.355 e. The summed E-state index contributed by atoms with van der Waals surface area (Å²) in [5.74, 6) is 1.04. The van der Waals surface area contributed by atoms with E-state index in [9.17, 15) is 4.79 Å². The van der Waals surface area contributed by atoms with Crippen LogP contribution in [0.1, 0.15) is 51.9 Å². The van der Waals surface area contributed by atoms with E-state index < -0.39 is 0 Å². The Hall–Kier alpha value is -0.570. The van der Waals surface area contributed by atoms with E-state index in [4.69, 9.17) is 0 Å². The van der Waals surface area contributed by atoms with Gasteiger partial charge in [-0.1, -0.05) is 19.8 Å². The summed E-state index contributed by atoms with van der Waals surface area (Å²) in [6.07, 6.45) is 8.46. The van der Waals surface area contributed by atoms with Gasteiger partial charge in [0.2, 0.25) is 5.91 Å². The molecule has 1 saturated carbocycles. The zero-order valence-corrected chi connectivity index (χ0v) is 10.3. The summed E-state index contributed by atoms with van der Waals surface area (Å²) in [6, 6.07) is 0.635. The van der Waals surface area contributed by atoms with Gasteiger partial charge in [-0.2, -0.15) is 0 Å². The molecule has 0 aromatic heterocycles. The van der Waals surface area contributed by atoms with Crippen molar-refractivity contribution in [2.24, 2.45) is 5.92 Å². The van der Waals surface area contributed by atoms with E-state index in [-0.39, 0.29) is 11.9 Å². The van der Waals surface area contributed by atoms with E-state index in [1.807, 2.05) is 0 Å². The van der Waals surface area contributed by atoms with Gasteiger partial charge in [-0.3, -0.25) is 4.79 Å². The molecule has 0 bridgehead atoms. The maximum atomic E-state index is 11.8. The normalized spacial score (nSPS) is 36.6. The molecule has 2 rings (SSSR count). The van der Waals surface area contributed by atoms with Gasteiger partial charge < -0.3 is 10.6 Å². The van der Waals surface area contributed by atoms with Crippen LogP contribution in [0.2, 0.25) is 0 Å². The molecule has 2 aliphatic rings. The standard InChI is InChI=1S/C13H24N2O/c1-10-5-4-6-11(9-10)15-12-7-2-3-8-14-13(12)16/h10-12,15H,2-9H2,1H3,(H,14,16)/t10-,11-,12-/m1/s1. The molecule has 3 nitrogen and oxygen atoms in total. The third-order valence-electron chi connectivity index (χ3n) is 3.91. The highest BCUT2D eigenvalue weighted by molar-refractivity contribution is 5.81. The van der Waals surface area contributed by atoms with E-state index in [2.05, 4.69) is 17.6 Å². The van der Waals surface area contributed by atoms with E-state index in [0.717, 1.165) is 25.3 Å². The van der Waals surface area contributed by atoms with E-state index in [0.29, 0.717) is 6.04 Å². The Labute approximate surface area is 98.4 Å². The van der Waals surface area contributed by atoms with Crippen molar-refractivity contribution in [3.05, 3.63) is 0 Å². The van der Waals surface area contributed by atoms with Crippen molar-refractivity contribution in [1.29, 1.82) is 0 Å².